The molecule has 0 spiro atoms. The first-order valence-corrected chi connectivity index (χ1v) is 24.9. The van der Waals surface area contributed by atoms with E-state index >= 15 is 0 Å². The first-order chi connectivity index (χ1) is 35.7. The number of rotatable bonds is 10. The predicted octanol–water partition coefficient (Wildman–Crippen LogP) is 19.0. The fraction of sp³-hybridized carbons (Fsp3) is 0.0141. The van der Waals surface area contributed by atoms with Crippen molar-refractivity contribution in [3.63, 3.8) is 0 Å². The molecule has 72 heavy (non-hydrogen) atoms. The van der Waals surface area contributed by atoms with Crippen LogP contribution in [0.1, 0.15) is 22.3 Å². The van der Waals surface area contributed by atoms with E-state index < -0.39 is 5.41 Å². The van der Waals surface area contributed by atoms with Gasteiger partial charge in [-0.3, -0.25) is 0 Å². The summed E-state index contributed by atoms with van der Waals surface area (Å²) in [6.07, 6.45) is 0. The van der Waals surface area contributed by atoms with Crippen LogP contribution in [0.15, 0.2) is 297 Å². The Morgan fingerprint density at radius 2 is 0.681 bits per heavy atom. The van der Waals surface area contributed by atoms with Gasteiger partial charge in [0.25, 0.3) is 0 Å². The van der Waals surface area contributed by atoms with Crippen LogP contribution in [0.3, 0.4) is 0 Å². The summed E-state index contributed by atoms with van der Waals surface area (Å²) in [5.74, 6) is 0. The van der Waals surface area contributed by atoms with E-state index in [2.05, 4.69) is 302 Å². The zero-order valence-electron chi connectivity index (χ0n) is 39.7. The molecule has 0 saturated carbocycles. The number of fused-ring (bicyclic) bond motifs is 4. The zero-order valence-corrected chi connectivity index (χ0v) is 39.7. The third kappa shape index (κ3) is 7.42. The van der Waals surface area contributed by atoms with Crippen LogP contribution < -0.4 is 4.90 Å². The summed E-state index contributed by atoms with van der Waals surface area (Å²) < 4.78 is 0. The molecule has 0 aromatic heterocycles. The van der Waals surface area contributed by atoms with Gasteiger partial charge < -0.3 is 4.90 Å². The molecule has 0 unspecified atom stereocenters. The second kappa shape index (κ2) is 18.2. The Bertz CT molecular complexity index is 3840. The monoisotopic (exact) mass is 915 g/mol. The molecular formula is C71H49N. The lowest BCUT2D eigenvalue weighted by Gasteiger charge is -2.34. The average molecular weight is 916 g/mol. The zero-order chi connectivity index (χ0) is 47.8. The maximum atomic E-state index is 2.43. The van der Waals surface area contributed by atoms with Crippen molar-refractivity contribution in [3.8, 4) is 66.8 Å². The summed E-state index contributed by atoms with van der Waals surface area (Å²) >= 11 is 0. The molecule has 0 amide bonds. The Hall–Kier alpha value is -9.30. The van der Waals surface area contributed by atoms with Crippen LogP contribution in [-0.2, 0) is 5.41 Å². The molecule has 1 aliphatic rings. The minimum atomic E-state index is -0.467. The van der Waals surface area contributed by atoms with Crippen LogP contribution in [-0.4, -0.2) is 0 Å². The smallest absolute Gasteiger partial charge is 0.0713 e. The normalized spacial score (nSPS) is 12.3. The molecule has 0 fully saturated rings. The van der Waals surface area contributed by atoms with Crippen molar-refractivity contribution in [1.29, 1.82) is 0 Å². The summed E-state index contributed by atoms with van der Waals surface area (Å²) in [6, 6.07) is 109. The summed E-state index contributed by atoms with van der Waals surface area (Å²) in [5, 5.41) is 2.49. The van der Waals surface area contributed by atoms with Crippen molar-refractivity contribution in [3.05, 3.63) is 320 Å². The van der Waals surface area contributed by atoms with E-state index in [9.17, 15) is 0 Å². The van der Waals surface area contributed by atoms with Crippen LogP contribution in [0.4, 0.5) is 17.1 Å². The SMILES string of the molecule is c1ccc(-c2ccc(-c3cccc(N(c4ccc(-c5cccc6c5-c5ccccc5C6(c5ccccc5)c5ccccc5)cc4)c4ccccc4-c4ccc(-c5ccc6ccccc6c5)cc4)c3)cc2)cc1. The minimum absolute atomic E-state index is 0.467. The maximum Gasteiger partial charge on any atom is 0.0713 e. The highest BCUT2D eigenvalue weighted by atomic mass is 15.1. The average Bonchev–Trinajstić information content (AvgIpc) is 3.78. The Morgan fingerprint density at radius 1 is 0.236 bits per heavy atom. The standard InChI is InChI=1S/C71H49N/c1-4-18-50(19-5-1)52-34-36-53(37-35-52)58-22-16-27-63(49-58)72(69-33-15-13-28-64(69)55-41-38-54(39-42-55)59-43-40-51-20-10-11-21-57(51)48-59)62-46-44-56(45-47-62)65-30-17-32-68-70(65)66-29-12-14-31-67(66)71(68,60-23-6-2-7-24-60)61-25-8-3-9-26-61/h1-49H. The van der Waals surface area contributed by atoms with Gasteiger partial charge in [-0.15, -0.1) is 0 Å². The molecule has 0 atom stereocenters. The molecule has 12 aromatic rings. The largest absolute Gasteiger partial charge is 0.310 e. The summed E-state index contributed by atoms with van der Waals surface area (Å²) in [4.78, 5) is 2.43. The Kier molecular flexibility index (Phi) is 10.8. The van der Waals surface area contributed by atoms with E-state index in [1.54, 1.807) is 0 Å². The van der Waals surface area contributed by atoms with Gasteiger partial charge in [0.05, 0.1) is 11.1 Å². The lowest BCUT2D eigenvalue weighted by atomic mass is 9.67. The van der Waals surface area contributed by atoms with Gasteiger partial charge in [0.2, 0.25) is 0 Å². The van der Waals surface area contributed by atoms with Gasteiger partial charge in [0, 0.05) is 16.9 Å². The van der Waals surface area contributed by atoms with Gasteiger partial charge in [-0.05, 0) is 131 Å². The molecule has 0 radical (unpaired) electrons. The van der Waals surface area contributed by atoms with Gasteiger partial charge >= 0.3 is 0 Å². The van der Waals surface area contributed by atoms with Gasteiger partial charge in [0.1, 0.15) is 0 Å². The molecule has 338 valence electrons. The van der Waals surface area contributed by atoms with Gasteiger partial charge in [0.15, 0.2) is 0 Å². The van der Waals surface area contributed by atoms with E-state index in [4.69, 9.17) is 0 Å². The van der Waals surface area contributed by atoms with Crippen molar-refractivity contribution in [2.45, 2.75) is 5.41 Å². The second-order valence-corrected chi connectivity index (χ2v) is 18.8. The highest BCUT2D eigenvalue weighted by molar-refractivity contribution is 5.97. The van der Waals surface area contributed by atoms with Crippen molar-refractivity contribution in [1.82, 2.24) is 0 Å². The van der Waals surface area contributed by atoms with E-state index in [0.29, 0.717) is 0 Å². The fourth-order valence-corrected chi connectivity index (χ4v) is 11.4. The van der Waals surface area contributed by atoms with Gasteiger partial charge in [-0.2, -0.15) is 0 Å². The maximum absolute atomic E-state index is 2.43. The first-order valence-electron chi connectivity index (χ1n) is 24.9. The van der Waals surface area contributed by atoms with Gasteiger partial charge in [-0.1, -0.05) is 261 Å². The number of hydrogen-bond donors (Lipinski definition) is 0. The first kappa shape index (κ1) is 42.8. The molecule has 0 heterocycles. The molecule has 0 aliphatic heterocycles. The van der Waals surface area contributed by atoms with E-state index in [-0.39, 0.29) is 0 Å². The third-order valence-electron chi connectivity index (χ3n) is 14.8. The molecule has 0 N–H and O–H groups in total. The molecule has 12 aromatic carbocycles. The Morgan fingerprint density at radius 3 is 1.38 bits per heavy atom. The Labute approximate surface area is 422 Å². The molecule has 1 heteroatoms. The highest BCUT2D eigenvalue weighted by Gasteiger charge is 2.46. The number of nitrogens with zero attached hydrogens (tertiary/aromatic N) is 1. The lowest BCUT2D eigenvalue weighted by molar-refractivity contribution is 0.768. The van der Waals surface area contributed by atoms with Crippen LogP contribution in [0.2, 0.25) is 0 Å². The lowest BCUT2D eigenvalue weighted by Crippen LogP contribution is -2.28. The van der Waals surface area contributed by atoms with Crippen molar-refractivity contribution in [2.75, 3.05) is 4.90 Å². The van der Waals surface area contributed by atoms with Crippen LogP contribution >= 0.6 is 0 Å². The summed E-state index contributed by atoms with van der Waals surface area (Å²) in [7, 11) is 0. The number of anilines is 3. The number of para-hydroxylation sites is 1. The molecule has 1 aliphatic carbocycles. The summed E-state index contributed by atoms with van der Waals surface area (Å²) in [6.45, 7) is 0. The van der Waals surface area contributed by atoms with E-state index in [1.807, 2.05) is 0 Å². The molecular weight excluding hydrogens is 867 g/mol. The summed E-state index contributed by atoms with van der Waals surface area (Å²) in [5.41, 5.74) is 22.4. The fourth-order valence-electron chi connectivity index (χ4n) is 11.4. The topological polar surface area (TPSA) is 3.24 Å². The quantitative estimate of drug-likeness (QED) is 0.132. The molecule has 13 rings (SSSR count). The molecule has 0 saturated heterocycles. The highest BCUT2D eigenvalue weighted by Crippen LogP contribution is 2.58. The number of benzene rings is 12. The second-order valence-electron chi connectivity index (χ2n) is 18.8. The third-order valence-corrected chi connectivity index (χ3v) is 14.8. The minimum Gasteiger partial charge on any atom is -0.310 e. The predicted molar refractivity (Wildman–Crippen MR) is 303 cm³/mol. The molecule has 0 bridgehead atoms. The van der Waals surface area contributed by atoms with Crippen molar-refractivity contribution >= 4 is 27.8 Å². The van der Waals surface area contributed by atoms with Crippen LogP contribution in [0.5, 0.6) is 0 Å². The Balaban J connectivity index is 0.933. The van der Waals surface area contributed by atoms with Crippen LogP contribution in [0.25, 0.3) is 77.5 Å². The van der Waals surface area contributed by atoms with Gasteiger partial charge in [-0.25, -0.2) is 0 Å². The van der Waals surface area contributed by atoms with Crippen molar-refractivity contribution < 1.29 is 0 Å². The number of hydrogen-bond acceptors (Lipinski definition) is 1. The van der Waals surface area contributed by atoms with E-state index in [1.165, 1.54) is 83.1 Å². The van der Waals surface area contributed by atoms with Crippen molar-refractivity contribution in [2.24, 2.45) is 0 Å². The van der Waals surface area contributed by atoms with Crippen LogP contribution in [0, 0.1) is 0 Å². The van der Waals surface area contributed by atoms with E-state index in [0.717, 1.165) is 33.8 Å². The molecule has 1 nitrogen and oxygen atoms in total.